The van der Waals surface area contributed by atoms with Crippen LogP contribution in [0, 0.1) is 0 Å². The molecule has 0 aliphatic rings. The molecule has 0 unspecified atom stereocenters. The van der Waals surface area contributed by atoms with Crippen LogP contribution < -0.4 is 4.74 Å². The van der Waals surface area contributed by atoms with Crippen LogP contribution in [0.15, 0.2) is 88.2 Å². The van der Waals surface area contributed by atoms with Gasteiger partial charge >= 0.3 is 5.97 Å². The van der Waals surface area contributed by atoms with Gasteiger partial charge in [-0.15, -0.1) is 11.8 Å². The van der Waals surface area contributed by atoms with Crippen LogP contribution in [0.2, 0.25) is 5.02 Å². The molecule has 0 aromatic heterocycles. The Morgan fingerprint density at radius 3 is 2.48 bits per heavy atom. The number of aliphatic carboxylic acids is 1. The summed E-state index contributed by atoms with van der Waals surface area (Å²) in [6, 6.07) is 23.6. The number of thioether (sulfide) groups is 1. The second-order valence-electron chi connectivity index (χ2n) is 6.05. The lowest BCUT2D eigenvalue weighted by molar-refractivity contribution is -0.139. The Kier molecular flexibility index (Phi) is 7.81. The van der Waals surface area contributed by atoms with Gasteiger partial charge in [0, 0.05) is 15.1 Å². The van der Waals surface area contributed by atoms with Crippen LogP contribution in [0.25, 0.3) is 5.57 Å². The van der Waals surface area contributed by atoms with Gasteiger partial charge in [0.05, 0.1) is 5.02 Å². The minimum atomic E-state index is -1.02. The number of hydrogen-bond donors (Lipinski definition) is 1. The van der Waals surface area contributed by atoms with E-state index in [1.165, 1.54) is 0 Å². The molecule has 29 heavy (non-hydrogen) atoms. The number of carboxylic acid groups (broad SMARTS) is 1. The topological polar surface area (TPSA) is 46.5 Å². The van der Waals surface area contributed by atoms with Gasteiger partial charge in [-0.2, -0.15) is 0 Å². The minimum Gasteiger partial charge on any atom is -0.482 e. The lowest BCUT2D eigenvalue weighted by atomic mass is 9.98. The smallest absolute Gasteiger partial charge is 0.341 e. The number of rotatable bonds is 8. The van der Waals surface area contributed by atoms with Crippen molar-refractivity contribution in [2.75, 3.05) is 12.4 Å². The normalized spacial score (nSPS) is 11.3. The molecule has 0 heterocycles. The van der Waals surface area contributed by atoms with Crippen molar-refractivity contribution in [1.82, 2.24) is 0 Å². The number of halogens is 2. The summed E-state index contributed by atoms with van der Waals surface area (Å²) < 4.78 is 6.20. The van der Waals surface area contributed by atoms with Gasteiger partial charge in [-0.3, -0.25) is 0 Å². The van der Waals surface area contributed by atoms with Gasteiger partial charge in [0.2, 0.25) is 0 Å². The molecular formula is C23H18BrClO3S. The maximum atomic E-state index is 10.6. The van der Waals surface area contributed by atoms with Gasteiger partial charge in [-0.25, -0.2) is 4.79 Å². The Bertz CT molecular complexity index is 1020. The Balaban J connectivity index is 1.78. The average molecular weight is 490 g/mol. The van der Waals surface area contributed by atoms with E-state index >= 15 is 0 Å². The zero-order valence-corrected chi connectivity index (χ0v) is 18.5. The molecule has 0 aliphatic carbocycles. The quantitative estimate of drug-likeness (QED) is 0.354. The van der Waals surface area contributed by atoms with E-state index in [9.17, 15) is 4.79 Å². The second kappa shape index (κ2) is 10.5. The lowest BCUT2D eigenvalue weighted by Gasteiger charge is -2.11. The second-order valence-corrected chi connectivity index (χ2v) is 8.37. The summed E-state index contributed by atoms with van der Waals surface area (Å²) in [5.74, 6) is 0.140. The highest BCUT2D eigenvalue weighted by Crippen LogP contribution is 2.33. The van der Waals surface area contributed by atoms with Crippen molar-refractivity contribution in [3.8, 4) is 5.75 Å². The molecule has 3 rings (SSSR count). The van der Waals surface area contributed by atoms with Crippen LogP contribution in [-0.2, 0) is 4.79 Å². The predicted molar refractivity (Wildman–Crippen MR) is 123 cm³/mol. The summed E-state index contributed by atoms with van der Waals surface area (Å²) in [6.45, 7) is -0.391. The number of hydrogen-bond acceptors (Lipinski definition) is 3. The number of benzene rings is 3. The molecule has 0 aliphatic heterocycles. The Labute approximate surface area is 187 Å². The Morgan fingerprint density at radius 1 is 1.07 bits per heavy atom. The monoisotopic (exact) mass is 488 g/mol. The molecule has 3 nitrogen and oxygen atoms in total. The number of carboxylic acids is 1. The van der Waals surface area contributed by atoms with Gasteiger partial charge in [0.15, 0.2) is 6.61 Å². The maximum absolute atomic E-state index is 10.6. The van der Waals surface area contributed by atoms with Gasteiger partial charge in [-0.05, 0) is 41.0 Å². The number of carbonyl (C=O) groups is 1. The molecular weight excluding hydrogens is 472 g/mol. The first-order chi connectivity index (χ1) is 14.0. The molecule has 6 heteroatoms. The van der Waals surface area contributed by atoms with Crippen LogP contribution in [-0.4, -0.2) is 23.4 Å². The fourth-order valence-corrected chi connectivity index (χ4v) is 4.35. The highest BCUT2D eigenvalue weighted by molar-refractivity contribution is 9.10. The van der Waals surface area contributed by atoms with Crippen LogP contribution in [0.4, 0.5) is 0 Å². The maximum Gasteiger partial charge on any atom is 0.341 e. The predicted octanol–water partition coefficient (Wildman–Crippen LogP) is 6.79. The van der Waals surface area contributed by atoms with Crippen LogP contribution in [0.3, 0.4) is 0 Å². The van der Waals surface area contributed by atoms with E-state index in [0.717, 1.165) is 31.8 Å². The van der Waals surface area contributed by atoms with E-state index in [1.54, 1.807) is 23.9 Å². The van der Waals surface area contributed by atoms with Gasteiger partial charge in [0.25, 0.3) is 0 Å². The first-order valence-corrected chi connectivity index (χ1v) is 11.0. The van der Waals surface area contributed by atoms with Crippen molar-refractivity contribution in [3.05, 3.63) is 99.5 Å². The lowest BCUT2D eigenvalue weighted by Crippen LogP contribution is -2.09. The van der Waals surface area contributed by atoms with Crippen molar-refractivity contribution in [1.29, 1.82) is 0 Å². The Morgan fingerprint density at radius 2 is 1.79 bits per heavy atom. The van der Waals surface area contributed by atoms with Crippen molar-refractivity contribution >= 4 is 50.8 Å². The summed E-state index contributed by atoms with van der Waals surface area (Å²) in [6.07, 6.45) is 2.19. The molecule has 0 atom stereocenters. The van der Waals surface area contributed by atoms with E-state index in [1.807, 2.05) is 42.5 Å². The Hall–Kier alpha value is -2.21. The summed E-state index contributed by atoms with van der Waals surface area (Å²) in [7, 11) is 0. The summed E-state index contributed by atoms with van der Waals surface area (Å²) in [5, 5.41) is 9.24. The van der Waals surface area contributed by atoms with E-state index < -0.39 is 12.6 Å². The molecule has 0 radical (unpaired) electrons. The molecule has 0 fully saturated rings. The fraction of sp³-hybridized carbons (Fsp3) is 0.0870. The van der Waals surface area contributed by atoms with E-state index in [-0.39, 0.29) is 0 Å². The average Bonchev–Trinajstić information content (AvgIpc) is 2.72. The molecule has 148 valence electrons. The van der Waals surface area contributed by atoms with E-state index in [4.69, 9.17) is 21.4 Å². The van der Waals surface area contributed by atoms with Crippen LogP contribution in [0.5, 0.6) is 5.75 Å². The SMILES string of the molecule is O=C(O)COc1ccc(SCC=C(c2ccccc2)c2ccccc2Br)c(Cl)c1. The molecule has 3 aromatic rings. The van der Waals surface area contributed by atoms with E-state index in [2.05, 4.69) is 40.2 Å². The first-order valence-electron chi connectivity index (χ1n) is 8.82. The highest BCUT2D eigenvalue weighted by atomic mass is 79.9. The van der Waals surface area contributed by atoms with Gasteiger partial charge in [0.1, 0.15) is 5.75 Å². The van der Waals surface area contributed by atoms with Crippen LogP contribution >= 0.6 is 39.3 Å². The number of ether oxygens (including phenoxy) is 1. The molecule has 3 aromatic carbocycles. The van der Waals surface area contributed by atoms with Gasteiger partial charge < -0.3 is 9.84 Å². The van der Waals surface area contributed by atoms with Crippen LogP contribution in [0.1, 0.15) is 11.1 Å². The third-order valence-corrected chi connectivity index (χ3v) is 6.16. The molecule has 0 saturated heterocycles. The minimum absolute atomic E-state index is 0.391. The standard InChI is InChI=1S/C23H18BrClO3S/c24-20-9-5-4-8-19(20)18(16-6-2-1-3-7-16)12-13-29-22-11-10-17(14-21(22)25)28-15-23(26)27/h1-12,14H,13,15H2,(H,26,27). The third-order valence-electron chi connectivity index (χ3n) is 4.04. The highest BCUT2D eigenvalue weighted by Gasteiger charge is 2.09. The zero-order valence-electron chi connectivity index (χ0n) is 15.3. The fourth-order valence-electron chi connectivity index (χ4n) is 2.73. The molecule has 1 N–H and O–H groups in total. The molecule has 0 bridgehead atoms. The molecule has 0 spiro atoms. The largest absolute Gasteiger partial charge is 0.482 e. The molecule has 0 saturated carbocycles. The summed E-state index contributed by atoms with van der Waals surface area (Å²) in [4.78, 5) is 11.5. The summed E-state index contributed by atoms with van der Waals surface area (Å²) in [5.41, 5.74) is 3.41. The van der Waals surface area contributed by atoms with Crippen molar-refractivity contribution in [3.63, 3.8) is 0 Å². The van der Waals surface area contributed by atoms with Gasteiger partial charge in [-0.1, -0.05) is 82.1 Å². The van der Waals surface area contributed by atoms with E-state index in [0.29, 0.717) is 10.8 Å². The third kappa shape index (κ3) is 6.13. The van der Waals surface area contributed by atoms with Crippen molar-refractivity contribution in [2.45, 2.75) is 4.90 Å². The zero-order chi connectivity index (χ0) is 20.6. The molecule has 0 amide bonds. The first kappa shape index (κ1) is 21.5. The van der Waals surface area contributed by atoms with Crippen molar-refractivity contribution < 1.29 is 14.6 Å². The van der Waals surface area contributed by atoms with Crippen molar-refractivity contribution in [2.24, 2.45) is 0 Å². The summed E-state index contributed by atoms with van der Waals surface area (Å²) >= 11 is 11.6.